The summed E-state index contributed by atoms with van der Waals surface area (Å²) in [4.78, 5) is 0. The summed E-state index contributed by atoms with van der Waals surface area (Å²) in [6, 6.07) is 3.42. The average Bonchev–Trinajstić information content (AvgIpc) is 2.14. The Morgan fingerprint density at radius 2 is 1.93 bits per heavy atom. The van der Waals surface area contributed by atoms with Crippen LogP contribution >= 0.6 is 0 Å². The lowest BCUT2D eigenvalue weighted by Gasteiger charge is -2.09. The maximum atomic E-state index is 13.0. The highest BCUT2D eigenvalue weighted by molar-refractivity contribution is 5.28. The molecule has 0 radical (unpaired) electrons. The van der Waals surface area contributed by atoms with Gasteiger partial charge in [-0.05, 0) is 6.07 Å². The molecule has 0 saturated carbocycles. The van der Waals surface area contributed by atoms with Gasteiger partial charge in [-0.3, -0.25) is 0 Å². The first-order valence-electron chi connectivity index (χ1n) is 4.10. The van der Waals surface area contributed by atoms with Crippen molar-refractivity contribution in [2.24, 2.45) is 5.73 Å². The Bertz CT molecular complexity index is 337. The molecule has 1 aromatic carbocycles. The van der Waals surface area contributed by atoms with Gasteiger partial charge in [0.2, 0.25) is 0 Å². The van der Waals surface area contributed by atoms with E-state index in [9.17, 15) is 17.6 Å². The summed E-state index contributed by atoms with van der Waals surface area (Å²) >= 11 is 0. The second kappa shape index (κ2) is 4.48. The molecule has 0 amide bonds. The smallest absolute Gasteiger partial charge is 0.422 e. The Hall–Kier alpha value is -1.30. The van der Waals surface area contributed by atoms with Crippen LogP contribution in [0.5, 0.6) is 5.75 Å². The Morgan fingerprint density at radius 3 is 2.40 bits per heavy atom. The molecular formula is C9H9F4NO. The van der Waals surface area contributed by atoms with Gasteiger partial charge in [-0.25, -0.2) is 4.39 Å². The van der Waals surface area contributed by atoms with Crippen LogP contribution in [0, 0.1) is 5.82 Å². The summed E-state index contributed by atoms with van der Waals surface area (Å²) in [6.45, 7) is -1.44. The Kier molecular flexibility index (Phi) is 3.52. The third-order valence-electron chi connectivity index (χ3n) is 1.65. The lowest BCUT2D eigenvalue weighted by atomic mass is 10.2. The van der Waals surface area contributed by atoms with Crippen molar-refractivity contribution in [1.29, 1.82) is 0 Å². The molecule has 0 bridgehead atoms. The number of hydrogen-bond donors (Lipinski definition) is 1. The maximum Gasteiger partial charge on any atom is 0.422 e. The Labute approximate surface area is 83.6 Å². The predicted octanol–water partition coefficient (Wildman–Crippen LogP) is 2.23. The highest BCUT2D eigenvalue weighted by Gasteiger charge is 2.28. The number of hydrogen-bond acceptors (Lipinski definition) is 2. The van der Waals surface area contributed by atoms with Crippen molar-refractivity contribution in [2.45, 2.75) is 12.7 Å². The van der Waals surface area contributed by atoms with Gasteiger partial charge in [-0.15, -0.1) is 0 Å². The molecule has 0 aliphatic rings. The SMILES string of the molecule is NCc1ccc(OCC(F)(F)F)cc1F. The van der Waals surface area contributed by atoms with E-state index in [0.29, 0.717) is 0 Å². The minimum absolute atomic E-state index is 0.00855. The summed E-state index contributed by atoms with van der Waals surface area (Å²) in [5.74, 6) is -0.834. The molecule has 0 heterocycles. The zero-order valence-corrected chi connectivity index (χ0v) is 7.64. The zero-order chi connectivity index (χ0) is 11.5. The minimum atomic E-state index is -4.43. The predicted molar refractivity (Wildman–Crippen MR) is 45.8 cm³/mol. The molecule has 0 fully saturated rings. The highest BCUT2D eigenvalue weighted by atomic mass is 19.4. The van der Waals surface area contributed by atoms with E-state index in [1.807, 2.05) is 0 Å². The number of rotatable bonds is 3. The zero-order valence-electron chi connectivity index (χ0n) is 7.64. The molecule has 0 unspecified atom stereocenters. The normalized spacial score (nSPS) is 11.5. The summed E-state index contributed by atoms with van der Waals surface area (Å²) in [5, 5.41) is 0. The van der Waals surface area contributed by atoms with E-state index in [1.54, 1.807) is 0 Å². The fraction of sp³-hybridized carbons (Fsp3) is 0.333. The van der Waals surface area contributed by atoms with Crippen molar-refractivity contribution in [3.8, 4) is 5.75 Å². The summed E-state index contributed by atoms with van der Waals surface area (Å²) in [6.07, 6.45) is -4.43. The molecule has 0 atom stereocenters. The number of nitrogens with two attached hydrogens (primary N) is 1. The molecule has 0 spiro atoms. The van der Waals surface area contributed by atoms with Crippen LogP contribution in [0.4, 0.5) is 17.6 Å². The van der Waals surface area contributed by atoms with Crippen molar-refractivity contribution in [1.82, 2.24) is 0 Å². The van der Waals surface area contributed by atoms with E-state index < -0.39 is 18.6 Å². The lowest BCUT2D eigenvalue weighted by Crippen LogP contribution is -2.19. The third-order valence-corrected chi connectivity index (χ3v) is 1.65. The molecular weight excluding hydrogens is 214 g/mol. The van der Waals surface area contributed by atoms with Gasteiger partial charge >= 0.3 is 6.18 Å². The average molecular weight is 223 g/mol. The van der Waals surface area contributed by atoms with Gasteiger partial charge in [0.1, 0.15) is 11.6 Å². The number of alkyl halides is 3. The summed E-state index contributed by atoms with van der Waals surface area (Å²) in [7, 11) is 0. The van der Waals surface area contributed by atoms with Crippen molar-refractivity contribution in [3.05, 3.63) is 29.6 Å². The maximum absolute atomic E-state index is 13.0. The fourth-order valence-corrected chi connectivity index (χ4v) is 0.949. The Balaban J connectivity index is 2.68. The van der Waals surface area contributed by atoms with E-state index in [-0.39, 0.29) is 17.9 Å². The molecule has 84 valence electrons. The fourth-order valence-electron chi connectivity index (χ4n) is 0.949. The van der Waals surface area contributed by atoms with Gasteiger partial charge in [0, 0.05) is 18.2 Å². The van der Waals surface area contributed by atoms with Crippen LogP contribution in [0.25, 0.3) is 0 Å². The third kappa shape index (κ3) is 3.75. The van der Waals surface area contributed by atoms with E-state index in [0.717, 1.165) is 6.07 Å². The molecule has 1 rings (SSSR count). The molecule has 0 aromatic heterocycles. The topological polar surface area (TPSA) is 35.2 Å². The van der Waals surface area contributed by atoms with Crippen molar-refractivity contribution in [2.75, 3.05) is 6.61 Å². The molecule has 15 heavy (non-hydrogen) atoms. The van der Waals surface area contributed by atoms with Gasteiger partial charge in [-0.1, -0.05) is 6.07 Å². The number of halogens is 4. The summed E-state index contributed by atoms with van der Waals surface area (Å²) in [5.41, 5.74) is 5.41. The van der Waals surface area contributed by atoms with Crippen molar-refractivity contribution < 1.29 is 22.3 Å². The minimum Gasteiger partial charge on any atom is -0.484 e. The first-order valence-corrected chi connectivity index (χ1v) is 4.10. The van der Waals surface area contributed by atoms with Crippen LogP contribution in [0.1, 0.15) is 5.56 Å². The molecule has 0 saturated heterocycles. The van der Waals surface area contributed by atoms with Crippen LogP contribution < -0.4 is 10.5 Å². The largest absolute Gasteiger partial charge is 0.484 e. The van der Waals surface area contributed by atoms with Gasteiger partial charge < -0.3 is 10.5 Å². The molecule has 2 nitrogen and oxygen atoms in total. The Morgan fingerprint density at radius 1 is 1.27 bits per heavy atom. The van der Waals surface area contributed by atoms with Crippen LogP contribution in [0.2, 0.25) is 0 Å². The van der Waals surface area contributed by atoms with E-state index in [1.165, 1.54) is 12.1 Å². The first-order chi connectivity index (χ1) is 6.92. The molecule has 6 heteroatoms. The second-order valence-electron chi connectivity index (χ2n) is 2.86. The lowest BCUT2D eigenvalue weighted by molar-refractivity contribution is -0.153. The molecule has 1 aromatic rings. The number of ether oxygens (including phenoxy) is 1. The standard InChI is InChI=1S/C9H9F4NO/c10-8-3-7(2-1-6(8)4-14)15-5-9(11,12)13/h1-3H,4-5,14H2. The van der Waals surface area contributed by atoms with Crippen molar-refractivity contribution in [3.63, 3.8) is 0 Å². The number of benzene rings is 1. The second-order valence-corrected chi connectivity index (χ2v) is 2.86. The molecule has 2 N–H and O–H groups in total. The van der Waals surface area contributed by atoms with Gasteiger partial charge in [-0.2, -0.15) is 13.2 Å². The van der Waals surface area contributed by atoms with Crippen molar-refractivity contribution >= 4 is 0 Å². The quantitative estimate of drug-likeness (QED) is 0.797. The first kappa shape index (κ1) is 11.8. The van der Waals surface area contributed by atoms with E-state index in [4.69, 9.17) is 5.73 Å². The van der Waals surface area contributed by atoms with Crippen LogP contribution in [0.15, 0.2) is 18.2 Å². The van der Waals surface area contributed by atoms with Crippen LogP contribution in [-0.4, -0.2) is 12.8 Å². The van der Waals surface area contributed by atoms with E-state index in [2.05, 4.69) is 4.74 Å². The van der Waals surface area contributed by atoms with E-state index >= 15 is 0 Å². The summed E-state index contributed by atoms with van der Waals surface area (Å²) < 4.78 is 52.6. The molecule has 0 aliphatic carbocycles. The van der Waals surface area contributed by atoms with Gasteiger partial charge in [0.05, 0.1) is 0 Å². The monoisotopic (exact) mass is 223 g/mol. The van der Waals surface area contributed by atoms with Crippen LogP contribution in [0.3, 0.4) is 0 Å². The van der Waals surface area contributed by atoms with Gasteiger partial charge in [0.15, 0.2) is 6.61 Å². The molecule has 0 aliphatic heterocycles. The van der Waals surface area contributed by atoms with Crippen LogP contribution in [-0.2, 0) is 6.54 Å². The van der Waals surface area contributed by atoms with Gasteiger partial charge in [0.25, 0.3) is 0 Å². The highest BCUT2D eigenvalue weighted by Crippen LogP contribution is 2.20.